The van der Waals surface area contributed by atoms with Crippen LogP contribution < -0.4 is 5.73 Å². The Kier molecular flexibility index (Phi) is 2.28. The summed E-state index contributed by atoms with van der Waals surface area (Å²) in [6.45, 7) is 0. The first-order chi connectivity index (χ1) is 6.77. The van der Waals surface area contributed by atoms with E-state index in [9.17, 15) is 0 Å². The largest absolute Gasteiger partial charge is 0.382 e. The molecule has 0 amide bonds. The molecule has 0 bridgehead atoms. The second-order valence-corrected chi connectivity index (χ2v) is 3.77. The zero-order chi connectivity index (χ0) is 9.97. The van der Waals surface area contributed by atoms with Crippen LogP contribution in [0.25, 0.3) is 10.4 Å². The zero-order valence-electron chi connectivity index (χ0n) is 7.40. The van der Waals surface area contributed by atoms with Gasteiger partial charge in [0, 0.05) is 16.6 Å². The summed E-state index contributed by atoms with van der Waals surface area (Å²) in [6, 6.07) is 7.72. The van der Waals surface area contributed by atoms with Gasteiger partial charge < -0.3 is 5.73 Å². The second-order valence-electron chi connectivity index (χ2n) is 2.82. The topological polar surface area (TPSA) is 62.8 Å². The number of nitrogens with zero attached hydrogens (tertiary/aromatic N) is 1. The van der Waals surface area contributed by atoms with E-state index in [4.69, 9.17) is 11.1 Å². The summed E-state index contributed by atoms with van der Waals surface area (Å²) < 4.78 is 0. The fraction of sp³-hybridized carbons (Fsp3) is 0. The molecule has 14 heavy (non-hydrogen) atoms. The molecular weight excluding hydrogens is 194 g/mol. The first kappa shape index (κ1) is 8.90. The monoisotopic (exact) mass is 203 g/mol. The van der Waals surface area contributed by atoms with Crippen LogP contribution in [0.4, 0.5) is 0 Å². The van der Waals surface area contributed by atoms with E-state index in [2.05, 4.69) is 4.98 Å². The minimum atomic E-state index is 0.00253. The highest BCUT2D eigenvalue weighted by Gasteiger charge is 2.00. The number of nitrogens with one attached hydrogen (secondary N) is 1. The molecule has 0 spiro atoms. The first-order valence-electron chi connectivity index (χ1n) is 4.12. The molecule has 2 rings (SSSR count). The predicted molar refractivity (Wildman–Crippen MR) is 58.6 cm³/mol. The summed E-state index contributed by atoms with van der Waals surface area (Å²) >= 11 is 1.67. The third-order valence-corrected chi connectivity index (χ3v) is 2.76. The number of hydrogen-bond donors (Lipinski definition) is 2. The maximum Gasteiger partial charge on any atom is 0.141 e. The number of amidine groups is 1. The van der Waals surface area contributed by atoms with E-state index < -0.39 is 0 Å². The highest BCUT2D eigenvalue weighted by atomic mass is 32.1. The van der Waals surface area contributed by atoms with Crippen LogP contribution in [0.15, 0.2) is 35.8 Å². The molecule has 0 radical (unpaired) electrons. The Morgan fingerprint density at radius 3 is 2.71 bits per heavy atom. The standard InChI is InChI=1S/C10H9N3S/c11-10(12)8-4-3-7(6-13-8)9-2-1-5-14-9/h1-6H,(H3,11,12). The Morgan fingerprint density at radius 1 is 1.36 bits per heavy atom. The lowest BCUT2D eigenvalue weighted by molar-refractivity contribution is 1.26. The summed E-state index contributed by atoms with van der Waals surface area (Å²) in [5, 5.41) is 9.22. The quantitative estimate of drug-likeness (QED) is 0.580. The van der Waals surface area contributed by atoms with Gasteiger partial charge in [-0.05, 0) is 23.6 Å². The lowest BCUT2D eigenvalue weighted by atomic mass is 10.2. The van der Waals surface area contributed by atoms with Crippen molar-refractivity contribution in [1.29, 1.82) is 5.41 Å². The van der Waals surface area contributed by atoms with Crippen molar-refractivity contribution in [3.8, 4) is 10.4 Å². The maximum absolute atomic E-state index is 7.20. The van der Waals surface area contributed by atoms with E-state index in [-0.39, 0.29) is 5.84 Å². The smallest absolute Gasteiger partial charge is 0.141 e. The van der Waals surface area contributed by atoms with Crippen LogP contribution in [-0.2, 0) is 0 Å². The Balaban J connectivity index is 2.36. The summed E-state index contributed by atoms with van der Waals surface area (Å²) in [5.41, 5.74) is 6.88. The number of nitrogens with two attached hydrogens (primary N) is 1. The second kappa shape index (κ2) is 3.59. The van der Waals surface area contributed by atoms with Crippen LogP contribution in [0.3, 0.4) is 0 Å². The van der Waals surface area contributed by atoms with E-state index in [0.717, 1.165) is 5.56 Å². The molecule has 0 aliphatic heterocycles. The minimum Gasteiger partial charge on any atom is -0.382 e. The molecule has 0 saturated heterocycles. The van der Waals surface area contributed by atoms with Crippen LogP contribution in [0, 0.1) is 5.41 Å². The van der Waals surface area contributed by atoms with E-state index >= 15 is 0 Å². The van der Waals surface area contributed by atoms with Gasteiger partial charge in [-0.25, -0.2) is 0 Å². The lowest BCUT2D eigenvalue weighted by Gasteiger charge is -1.99. The molecule has 4 heteroatoms. The molecular formula is C10H9N3S. The van der Waals surface area contributed by atoms with E-state index in [0.29, 0.717) is 5.69 Å². The van der Waals surface area contributed by atoms with Crippen LogP contribution in [0.1, 0.15) is 5.69 Å². The third kappa shape index (κ3) is 1.65. The number of rotatable bonds is 2. The highest BCUT2D eigenvalue weighted by molar-refractivity contribution is 7.13. The van der Waals surface area contributed by atoms with Crippen LogP contribution >= 0.6 is 11.3 Å². The molecule has 70 valence electrons. The van der Waals surface area contributed by atoms with Gasteiger partial charge in [0.2, 0.25) is 0 Å². The van der Waals surface area contributed by atoms with Crippen molar-refractivity contribution in [2.24, 2.45) is 5.73 Å². The first-order valence-corrected chi connectivity index (χ1v) is 4.99. The highest BCUT2D eigenvalue weighted by Crippen LogP contribution is 2.23. The summed E-state index contributed by atoms with van der Waals surface area (Å²) in [7, 11) is 0. The van der Waals surface area contributed by atoms with E-state index in [1.165, 1.54) is 4.88 Å². The molecule has 2 aromatic rings. The number of nitrogen functional groups attached to an aromatic ring is 1. The van der Waals surface area contributed by atoms with Crippen molar-refractivity contribution in [1.82, 2.24) is 4.98 Å². The molecule has 0 unspecified atom stereocenters. The Bertz CT molecular complexity index is 431. The van der Waals surface area contributed by atoms with Gasteiger partial charge in [0.25, 0.3) is 0 Å². The minimum absolute atomic E-state index is 0.00253. The van der Waals surface area contributed by atoms with Gasteiger partial charge in [0.05, 0.1) is 0 Å². The van der Waals surface area contributed by atoms with E-state index in [1.54, 1.807) is 23.6 Å². The number of hydrogen-bond acceptors (Lipinski definition) is 3. The Hall–Kier alpha value is -1.68. The summed E-state index contributed by atoms with van der Waals surface area (Å²) in [6.07, 6.45) is 1.74. The van der Waals surface area contributed by atoms with Gasteiger partial charge in [0.15, 0.2) is 0 Å². The van der Waals surface area contributed by atoms with Crippen LogP contribution in [0.5, 0.6) is 0 Å². The molecule has 0 saturated carbocycles. The SMILES string of the molecule is N=C(N)c1ccc(-c2cccs2)cn1. The summed E-state index contributed by atoms with van der Waals surface area (Å²) in [4.78, 5) is 5.27. The zero-order valence-corrected chi connectivity index (χ0v) is 8.21. The summed E-state index contributed by atoms with van der Waals surface area (Å²) in [5.74, 6) is 0.00253. The van der Waals surface area contributed by atoms with Gasteiger partial charge in [0.1, 0.15) is 11.5 Å². The molecule has 2 aromatic heterocycles. The number of pyridine rings is 1. The van der Waals surface area contributed by atoms with Crippen LogP contribution in [-0.4, -0.2) is 10.8 Å². The number of aromatic nitrogens is 1. The third-order valence-electron chi connectivity index (χ3n) is 1.85. The van der Waals surface area contributed by atoms with Gasteiger partial charge in [-0.1, -0.05) is 6.07 Å². The fourth-order valence-corrected chi connectivity index (χ4v) is 1.86. The van der Waals surface area contributed by atoms with Crippen molar-refractivity contribution in [3.63, 3.8) is 0 Å². The Labute approximate surface area is 85.7 Å². The molecule has 0 aliphatic rings. The fourth-order valence-electron chi connectivity index (χ4n) is 1.14. The molecule has 0 fully saturated rings. The van der Waals surface area contributed by atoms with Crippen molar-refractivity contribution >= 4 is 17.2 Å². The Morgan fingerprint density at radius 2 is 2.21 bits per heavy atom. The van der Waals surface area contributed by atoms with E-state index in [1.807, 2.05) is 23.6 Å². The van der Waals surface area contributed by atoms with Gasteiger partial charge >= 0.3 is 0 Å². The van der Waals surface area contributed by atoms with Crippen LogP contribution in [0.2, 0.25) is 0 Å². The average molecular weight is 203 g/mol. The molecule has 2 heterocycles. The van der Waals surface area contributed by atoms with Gasteiger partial charge in [-0.3, -0.25) is 10.4 Å². The average Bonchev–Trinajstić information content (AvgIpc) is 2.71. The van der Waals surface area contributed by atoms with Crippen molar-refractivity contribution in [3.05, 3.63) is 41.5 Å². The van der Waals surface area contributed by atoms with Gasteiger partial charge in [-0.15, -0.1) is 11.3 Å². The van der Waals surface area contributed by atoms with Crippen molar-refractivity contribution < 1.29 is 0 Å². The molecule has 3 N–H and O–H groups in total. The van der Waals surface area contributed by atoms with Crippen molar-refractivity contribution in [2.75, 3.05) is 0 Å². The lowest BCUT2D eigenvalue weighted by Crippen LogP contribution is -2.12. The normalized spacial score (nSPS) is 10.0. The van der Waals surface area contributed by atoms with Gasteiger partial charge in [-0.2, -0.15) is 0 Å². The molecule has 0 aromatic carbocycles. The maximum atomic E-state index is 7.20. The predicted octanol–water partition coefficient (Wildman–Crippen LogP) is 2.09. The number of thiophene rings is 1. The molecule has 0 atom stereocenters. The molecule has 0 aliphatic carbocycles. The molecule has 3 nitrogen and oxygen atoms in total. The van der Waals surface area contributed by atoms with Crippen molar-refractivity contribution in [2.45, 2.75) is 0 Å².